The van der Waals surface area contributed by atoms with Gasteiger partial charge in [-0.3, -0.25) is 10.1 Å². The SMILES string of the molecule is CCc1ccc([C@@H](NCC(=O)Nc2ccccc2)c2cccs2)cc1. The Bertz CT molecular complexity index is 783. The Labute approximate surface area is 152 Å². The van der Waals surface area contributed by atoms with Crippen molar-refractivity contribution in [3.8, 4) is 0 Å². The van der Waals surface area contributed by atoms with E-state index < -0.39 is 0 Å². The summed E-state index contributed by atoms with van der Waals surface area (Å²) in [5, 5.41) is 8.37. The van der Waals surface area contributed by atoms with Crippen LogP contribution in [0.15, 0.2) is 72.1 Å². The number of hydrogen-bond acceptors (Lipinski definition) is 3. The van der Waals surface area contributed by atoms with Gasteiger partial charge in [0.05, 0.1) is 12.6 Å². The fraction of sp³-hybridized carbons (Fsp3) is 0.190. The number of amides is 1. The maximum Gasteiger partial charge on any atom is 0.238 e. The van der Waals surface area contributed by atoms with E-state index in [0.717, 1.165) is 12.1 Å². The van der Waals surface area contributed by atoms with Crippen LogP contribution in [0, 0.1) is 0 Å². The molecule has 3 nitrogen and oxygen atoms in total. The quantitative estimate of drug-likeness (QED) is 0.652. The maximum atomic E-state index is 12.2. The van der Waals surface area contributed by atoms with Crippen LogP contribution in [0.25, 0.3) is 0 Å². The molecule has 3 aromatic rings. The molecule has 0 aliphatic carbocycles. The molecule has 1 aromatic heterocycles. The van der Waals surface area contributed by atoms with E-state index in [-0.39, 0.29) is 18.5 Å². The first-order valence-electron chi connectivity index (χ1n) is 8.47. The molecule has 0 bridgehead atoms. The highest BCUT2D eigenvalue weighted by molar-refractivity contribution is 7.10. The zero-order valence-corrected chi connectivity index (χ0v) is 15.1. The van der Waals surface area contributed by atoms with Crippen LogP contribution in [0.2, 0.25) is 0 Å². The van der Waals surface area contributed by atoms with E-state index in [1.165, 1.54) is 16.0 Å². The summed E-state index contributed by atoms with van der Waals surface area (Å²) in [6, 6.07) is 22.3. The Kier molecular flexibility index (Phi) is 5.99. The van der Waals surface area contributed by atoms with Gasteiger partial charge in [-0.1, -0.05) is 55.5 Å². The van der Waals surface area contributed by atoms with Crippen LogP contribution in [0.3, 0.4) is 0 Å². The van der Waals surface area contributed by atoms with Gasteiger partial charge in [0.1, 0.15) is 0 Å². The van der Waals surface area contributed by atoms with E-state index in [9.17, 15) is 4.79 Å². The molecule has 3 rings (SSSR count). The zero-order chi connectivity index (χ0) is 17.5. The van der Waals surface area contributed by atoms with E-state index >= 15 is 0 Å². The van der Waals surface area contributed by atoms with Gasteiger partial charge in [0.25, 0.3) is 0 Å². The van der Waals surface area contributed by atoms with Crippen LogP contribution in [0.5, 0.6) is 0 Å². The molecule has 0 fully saturated rings. The molecule has 0 saturated heterocycles. The number of benzene rings is 2. The smallest absolute Gasteiger partial charge is 0.238 e. The number of aryl methyl sites for hydroxylation is 1. The van der Waals surface area contributed by atoms with Gasteiger partial charge in [-0.15, -0.1) is 11.3 Å². The number of carbonyl (C=O) groups excluding carboxylic acids is 1. The molecule has 25 heavy (non-hydrogen) atoms. The lowest BCUT2D eigenvalue weighted by Crippen LogP contribution is -2.31. The van der Waals surface area contributed by atoms with Gasteiger partial charge in [-0.05, 0) is 41.1 Å². The van der Waals surface area contributed by atoms with Crippen LogP contribution in [0.4, 0.5) is 5.69 Å². The lowest BCUT2D eigenvalue weighted by atomic mass is 10.0. The van der Waals surface area contributed by atoms with E-state index in [4.69, 9.17) is 0 Å². The molecular formula is C21H22N2OS. The van der Waals surface area contributed by atoms with Crippen LogP contribution >= 0.6 is 11.3 Å². The van der Waals surface area contributed by atoms with Crippen molar-refractivity contribution in [2.45, 2.75) is 19.4 Å². The van der Waals surface area contributed by atoms with E-state index in [1.807, 2.05) is 36.4 Å². The Morgan fingerprint density at radius 1 is 1.00 bits per heavy atom. The maximum absolute atomic E-state index is 12.2. The van der Waals surface area contributed by atoms with Gasteiger partial charge in [-0.2, -0.15) is 0 Å². The Hall–Kier alpha value is -2.43. The summed E-state index contributed by atoms with van der Waals surface area (Å²) < 4.78 is 0. The van der Waals surface area contributed by atoms with Crippen molar-refractivity contribution in [1.29, 1.82) is 0 Å². The highest BCUT2D eigenvalue weighted by Crippen LogP contribution is 2.26. The lowest BCUT2D eigenvalue weighted by Gasteiger charge is -2.18. The van der Waals surface area contributed by atoms with Crippen LogP contribution < -0.4 is 10.6 Å². The molecule has 0 aliphatic rings. The predicted octanol–water partition coefficient (Wildman–Crippen LogP) is 4.63. The van der Waals surface area contributed by atoms with E-state index in [1.54, 1.807) is 11.3 Å². The van der Waals surface area contributed by atoms with Crippen molar-refractivity contribution < 1.29 is 4.79 Å². The predicted molar refractivity (Wildman–Crippen MR) is 105 cm³/mol. The molecule has 0 aliphatic heterocycles. The second kappa shape index (κ2) is 8.60. The molecule has 0 unspecified atom stereocenters. The first-order chi connectivity index (χ1) is 12.3. The summed E-state index contributed by atoms with van der Waals surface area (Å²) in [4.78, 5) is 13.5. The second-order valence-corrected chi connectivity index (χ2v) is 6.82. The summed E-state index contributed by atoms with van der Waals surface area (Å²) in [6.45, 7) is 2.41. The van der Waals surface area contributed by atoms with Crippen molar-refractivity contribution in [3.05, 3.63) is 88.1 Å². The molecule has 0 spiro atoms. The summed E-state index contributed by atoms with van der Waals surface area (Å²) in [7, 11) is 0. The highest BCUT2D eigenvalue weighted by Gasteiger charge is 2.16. The minimum Gasteiger partial charge on any atom is -0.325 e. The number of thiophene rings is 1. The average molecular weight is 350 g/mol. The third-order valence-corrected chi connectivity index (χ3v) is 5.01. The van der Waals surface area contributed by atoms with Gasteiger partial charge in [0.15, 0.2) is 0 Å². The molecule has 2 N–H and O–H groups in total. The standard InChI is InChI=1S/C21H22N2OS/c1-2-16-10-12-17(13-11-16)21(19-9-6-14-25-19)22-15-20(24)23-18-7-4-3-5-8-18/h3-14,21-22H,2,15H2,1H3,(H,23,24)/t21-/m1/s1. The van der Waals surface area contributed by atoms with E-state index in [0.29, 0.717) is 0 Å². The number of para-hydroxylation sites is 1. The van der Waals surface area contributed by atoms with Crippen molar-refractivity contribution in [1.82, 2.24) is 5.32 Å². The normalized spacial score (nSPS) is 11.9. The van der Waals surface area contributed by atoms with Crippen molar-refractivity contribution >= 4 is 22.9 Å². The van der Waals surface area contributed by atoms with Crippen LogP contribution in [0.1, 0.15) is 29.0 Å². The zero-order valence-electron chi connectivity index (χ0n) is 14.2. The molecule has 1 atom stereocenters. The summed E-state index contributed by atoms with van der Waals surface area (Å²) in [6.07, 6.45) is 1.02. The third-order valence-electron chi connectivity index (χ3n) is 4.07. The van der Waals surface area contributed by atoms with Crippen molar-refractivity contribution in [2.75, 3.05) is 11.9 Å². The molecule has 128 valence electrons. The highest BCUT2D eigenvalue weighted by atomic mass is 32.1. The second-order valence-electron chi connectivity index (χ2n) is 5.84. The van der Waals surface area contributed by atoms with E-state index in [2.05, 4.69) is 53.3 Å². The third kappa shape index (κ3) is 4.78. The number of hydrogen-bond donors (Lipinski definition) is 2. The molecule has 1 heterocycles. The minimum absolute atomic E-state index is 0.0208. The molecule has 4 heteroatoms. The van der Waals surface area contributed by atoms with Gasteiger partial charge in [0.2, 0.25) is 5.91 Å². The monoisotopic (exact) mass is 350 g/mol. The average Bonchev–Trinajstić information content (AvgIpc) is 3.18. The Balaban J connectivity index is 1.69. The van der Waals surface area contributed by atoms with Crippen LogP contribution in [-0.2, 0) is 11.2 Å². The lowest BCUT2D eigenvalue weighted by molar-refractivity contribution is -0.115. The Morgan fingerprint density at radius 2 is 1.76 bits per heavy atom. The van der Waals surface area contributed by atoms with Gasteiger partial charge >= 0.3 is 0 Å². The first kappa shape index (κ1) is 17.4. The van der Waals surface area contributed by atoms with Crippen molar-refractivity contribution in [3.63, 3.8) is 0 Å². The largest absolute Gasteiger partial charge is 0.325 e. The topological polar surface area (TPSA) is 41.1 Å². The van der Waals surface area contributed by atoms with Gasteiger partial charge in [-0.25, -0.2) is 0 Å². The fourth-order valence-corrected chi connectivity index (χ4v) is 3.53. The molecule has 1 amide bonds. The number of rotatable bonds is 7. The number of nitrogens with one attached hydrogen (secondary N) is 2. The first-order valence-corrected chi connectivity index (χ1v) is 9.34. The van der Waals surface area contributed by atoms with Gasteiger partial charge in [0, 0.05) is 10.6 Å². The number of carbonyl (C=O) groups is 1. The van der Waals surface area contributed by atoms with Crippen LogP contribution in [-0.4, -0.2) is 12.5 Å². The summed E-state index contributed by atoms with van der Waals surface area (Å²) >= 11 is 1.70. The molecule has 0 saturated carbocycles. The van der Waals surface area contributed by atoms with Crippen molar-refractivity contribution in [2.24, 2.45) is 0 Å². The molecule has 2 aromatic carbocycles. The fourth-order valence-electron chi connectivity index (χ4n) is 2.71. The molecule has 0 radical (unpaired) electrons. The summed E-state index contributed by atoms with van der Waals surface area (Å²) in [5.41, 5.74) is 3.30. The summed E-state index contributed by atoms with van der Waals surface area (Å²) in [5.74, 6) is -0.0436. The number of anilines is 1. The minimum atomic E-state index is -0.0436. The van der Waals surface area contributed by atoms with Gasteiger partial charge < -0.3 is 5.32 Å². The molecular weight excluding hydrogens is 328 g/mol. The Morgan fingerprint density at radius 3 is 2.40 bits per heavy atom.